The number of rotatable bonds is 4. The highest BCUT2D eigenvalue weighted by Gasteiger charge is 2.04. The van der Waals surface area contributed by atoms with Gasteiger partial charge in [0.05, 0.1) is 11.4 Å². The number of halogens is 1. The molecule has 116 valence electrons. The van der Waals surface area contributed by atoms with E-state index in [1.54, 1.807) is 0 Å². The van der Waals surface area contributed by atoms with E-state index < -0.39 is 0 Å². The lowest BCUT2D eigenvalue weighted by Crippen LogP contribution is -1.99. The second-order valence-corrected chi connectivity index (χ2v) is 6.51. The first-order valence-corrected chi connectivity index (χ1v) is 8.46. The molecule has 23 heavy (non-hydrogen) atoms. The third kappa shape index (κ3) is 3.97. The van der Waals surface area contributed by atoms with Crippen LogP contribution in [0, 0.1) is 6.92 Å². The molecule has 0 saturated carbocycles. The highest BCUT2D eigenvalue weighted by molar-refractivity contribution is 7.14. The summed E-state index contributed by atoms with van der Waals surface area (Å²) in [6.07, 6.45) is 0. The van der Waals surface area contributed by atoms with E-state index in [9.17, 15) is 0 Å². The summed E-state index contributed by atoms with van der Waals surface area (Å²) >= 11 is 7.43. The van der Waals surface area contributed by atoms with Crippen LogP contribution in [0.2, 0.25) is 5.02 Å². The van der Waals surface area contributed by atoms with E-state index in [0.717, 1.165) is 32.7 Å². The lowest BCUT2D eigenvalue weighted by atomic mass is 10.1. The average Bonchev–Trinajstić information content (AvgIpc) is 3.03. The van der Waals surface area contributed by atoms with Crippen LogP contribution < -0.4 is 5.43 Å². The zero-order valence-corrected chi connectivity index (χ0v) is 14.4. The number of nitrogens with one attached hydrogen (secondary N) is 1. The van der Waals surface area contributed by atoms with Crippen LogP contribution in [0.5, 0.6) is 0 Å². The highest BCUT2D eigenvalue weighted by Crippen LogP contribution is 2.26. The van der Waals surface area contributed by atoms with Crippen molar-refractivity contribution < 1.29 is 0 Å². The second kappa shape index (κ2) is 6.94. The summed E-state index contributed by atoms with van der Waals surface area (Å²) in [6.45, 7) is 4.05. The fraction of sp³-hybridized carbons (Fsp3) is 0.111. The molecule has 3 nitrogen and oxygen atoms in total. The van der Waals surface area contributed by atoms with E-state index in [1.807, 2.05) is 36.6 Å². The Bertz CT molecular complexity index is 820. The van der Waals surface area contributed by atoms with E-state index in [2.05, 4.69) is 46.7 Å². The number of hydrazone groups is 1. The number of nitrogens with zero attached hydrogens (tertiary/aromatic N) is 2. The summed E-state index contributed by atoms with van der Waals surface area (Å²) in [5.74, 6) is 0. The normalized spacial score (nSPS) is 11.5. The lowest BCUT2D eigenvalue weighted by molar-refractivity contribution is 1.27. The summed E-state index contributed by atoms with van der Waals surface area (Å²) in [5, 5.41) is 7.90. The Morgan fingerprint density at radius 3 is 2.48 bits per heavy atom. The van der Waals surface area contributed by atoms with Gasteiger partial charge in [-0.05, 0) is 31.5 Å². The predicted molar refractivity (Wildman–Crippen MR) is 99.6 cm³/mol. The Balaban J connectivity index is 1.72. The van der Waals surface area contributed by atoms with E-state index in [-0.39, 0.29) is 0 Å². The third-order valence-electron chi connectivity index (χ3n) is 3.43. The molecule has 0 amide bonds. The zero-order chi connectivity index (χ0) is 16.2. The zero-order valence-electron chi connectivity index (χ0n) is 12.9. The van der Waals surface area contributed by atoms with Crippen LogP contribution >= 0.6 is 22.9 Å². The SMILES string of the molecule is C/C(=N/Nc1nc(-c2ccc(Cl)cc2)cs1)c1ccc(C)cc1. The van der Waals surface area contributed by atoms with Gasteiger partial charge in [-0.3, -0.25) is 5.43 Å². The molecule has 0 aliphatic carbocycles. The van der Waals surface area contributed by atoms with Crippen molar-refractivity contribution in [3.63, 3.8) is 0 Å². The summed E-state index contributed by atoms with van der Waals surface area (Å²) < 4.78 is 0. The largest absolute Gasteiger partial charge is 0.252 e. The summed E-state index contributed by atoms with van der Waals surface area (Å²) in [4.78, 5) is 4.55. The maximum absolute atomic E-state index is 5.91. The Labute approximate surface area is 144 Å². The van der Waals surface area contributed by atoms with Gasteiger partial charge in [0, 0.05) is 16.0 Å². The molecule has 2 aromatic carbocycles. The van der Waals surface area contributed by atoms with E-state index in [1.165, 1.54) is 16.9 Å². The molecule has 0 saturated heterocycles. The second-order valence-electron chi connectivity index (χ2n) is 5.22. The van der Waals surface area contributed by atoms with E-state index in [0.29, 0.717) is 0 Å². The molecule has 1 heterocycles. The van der Waals surface area contributed by atoms with Crippen LogP contribution in [-0.2, 0) is 0 Å². The molecule has 0 unspecified atom stereocenters. The van der Waals surface area contributed by atoms with Crippen molar-refractivity contribution in [1.29, 1.82) is 0 Å². The minimum atomic E-state index is 0.723. The molecule has 3 rings (SSSR count). The van der Waals surface area contributed by atoms with Crippen LogP contribution in [0.15, 0.2) is 59.0 Å². The molecule has 0 aliphatic rings. The van der Waals surface area contributed by atoms with Crippen LogP contribution in [0.3, 0.4) is 0 Å². The molecular formula is C18H16ClN3S. The van der Waals surface area contributed by atoms with Gasteiger partial charge in [-0.1, -0.05) is 53.6 Å². The van der Waals surface area contributed by atoms with Crippen molar-refractivity contribution >= 4 is 33.8 Å². The first kappa shape index (κ1) is 15.7. The average molecular weight is 342 g/mol. The molecule has 0 fully saturated rings. The highest BCUT2D eigenvalue weighted by atomic mass is 35.5. The Hall–Kier alpha value is -2.17. The molecule has 0 bridgehead atoms. The number of aromatic nitrogens is 1. The van der Waals surface area contributed by atoms with Crippen LogP contribution in [0.25, 0.3) is 11.3 Å². The van der Waals surface area contributed by atoms with Crippen molar-refractivity contribution in [3.05, 3.63) is 70.1 Å². The topological polar surface area (TPSA) is 37.3 Å². The predicted octanol–water partition coefficient (Wildman–Crippen LogP) is 5.61. The standard InChI is InChI=1S/C18H16ClN3S/c1-12-3-5-14(6-4-12)13(2)21-22-18-20-17(11-23-18)15-7-9-16(19)10-8-15/h3-11H,1-2H3,(H,20,22)/b21-13-. The lowest BCUT2D eigenvalue weighted by Gasteiger charge is -2.02. The van der Waals surface area contributed by atoms with Gasteiger partial charge in [0.1, 0.15) is 0 Å². The maximum Gasteiger partial charge on any atom is 0.203 e. The first-order chi connectivity index (χ1) is 11.1. The van der Waals surface area contributed by atoms with Gasteiger partial charge >= 0.3 is 0 Å². The summed E-state index contributed by atoms with van der Waals surface area (Å²) in [5.41, 5.74) is 8.24. The van der Waals surface area contributed by atoms with Crippen LogP contribution in [-0.4, -0.2) is 10.7 Å². The minimum Gasteiger partial charge on any atom is -0.252 e. The van der Waals surface area contributed by atoms with Crippen molar-refractivity contribution in [2.75, 3.05) is 5.43 Å². The number of anilines is 1. The summed E-state index contributed by atoms with van der Waals surface area (Å²) in [7, 11) is 0. The van der Waals surface area contributed by atoms with Crippen molar-refractivity contribution in [3.8, 4) is 11.3 Å². The molecule has 3 aromatic rings. The quantitative estimate of drug-likeness (QED) is 0.494. The Kier molecular flexibility index (Phi) is 4.74. The Morgan fingerprint density at radius 2 is 1.78 bits per heavy atom. The Morgan fingerprint density at radius 1 is 1.09 bits per heavy atom. The van der Waals surface area contributed by atoms with Crippen molar-refractivity contribution in [2.45, 2.75) is 13.8 Å². The molecule has 1 aromatic heterocycles. The monoisotopic (exact) mass is 341 g/mol. The van der Waals surface area contributed by atoms with Gasteiger partial charge < -0.3 is 0 Å². The van der Waals surface area contributed by atoms with E-state index in [4.69, 9.17) is 11.6 Å². The van der Waals surface area contributed by atoms with Crippen molar-refractivity contribution in [1.82, 2.24) is 4.98 Å². The third-order valence-corrected chi connectivity index (χ3v) is 4.43. The number of hydrogen-bond acceptors (Lipinski definition) is 4. The molecule has 1 N–H and O–H groups in total. The van der Waals surface area contributed by atoms with Crippen LogP contribution in [0.1, 0.15) is 18.1 Å². The van der Waals surface area contributed by atoms with Gasteiger partial charge in [-0.25, -0.2) is 4.98 Å². The number of thiazole rings is 1. The summed E-state index contributed by atoms with van der Waals surface area (Å²) in [6, 6.07) is 15.9. The number of benzene rings is 2. The van der Waals surface area contributed by atoms with Gasteiger partial charge in [0.15, 0.2) is 0 Å². The van der Waals surface area contributed by atoms with E-state index >= 15 is 0 Å². The fourth-order valence-electron chi connectivity index (χ4n) is 2.07. The smallest absolute Gasteiger partial charge is 0.203 e. The van der Waals surface area contributed by atoms with Gasteiger partial charge in [0.25, 0.3) is 0 Å². The number of hydrogen-bond donors (Lipinski definition) is 1. The first-order valence-electron chi connectivity index (χ1n) is 7.20. The fourth-order valence-corrected chi connectivity index (χ4v) is 2.86. The molecule has 0 atom stereocenters. The minimum absolute atomic E-state index is 0.723. The molecule has 5 heteroatoms. The molecule has 0 radical (unpaired) electrons. The van der Waals surface area contributed by atoms with Crippen molar-refractivity contribution in [2.24, 2.45) is 5.10 Å². The van der Waals surface area contributed by atoms with Gasteiger partial charge in [-0.15, -0.1) is 11.3 Å². The van der Waals surface area contributed by atoms with Crippen LogP contribution in [0.4, 0.5) is 5.13 Å². The maximum atomic E-state index is 5.91. The number of aryl methyl sites for hydroxylation is 1. The molecule has 0 spiro atoms. The van der Waals surface area contributed by atoms with Gasteiger partial charge in [0.2, 0.25) is 5.13 Å². The molecular weight excluding hydrogens is 326 g/mol. The molecule has 0 aliphatic heterocycles. The van der Waals surface area contributed by atoms with Gasteiger partial charge in [-0.2, -0.15) is 5.10 Å².